The molecule has 0 aromatic carbocycles. The minimum absolute atomic E-state index is 0.0389. The van der Waals surface area contributed by atoms with E-state index in [9.17, 15) is 4.79 Å². The summed E-state index contributed by atoms with van der Waals surface area (Å²) in [6.45, 7) is 10.1. The molecule has 1 atom stereocenters. The molecule has 0 radical (unpaired) electrons. The van der Waals surface area contributed by atoms with Crippen molar-refractivity contribution in [1.82, 2.24) is 14.7 Å². The molecule has 1 unspecified atom stereocenters. The molecule has 1 aromatic heterocycles. The average Bonchev–Trinajstić information content (AvgIpc) is 2.64. The van der Waals surface area contributed by atoms with Crippen LogP contribution in [0.25, 0.3) is 0 Å². The van der Waals surface area contributed by atoms with Crippen LogP contribution in [0, 0.1) is 0 Å². The van der Waals surface area contributed by atoms with Crippen molar-refractivity contribution in [3.63, 3.8) is 0 Å². The molecule has 0 aliphatic carbocycles. The van der Waals surface area contributed by atoms with Crippen LogP contribution in [-0.2, 0) is 4.79 Å². The molecule has 0 bridgehead atoms. The van der Waals surface area contributed by atoms with Crippen LogP contribution in [-0.4, -0.2) is 33.7 Å². The van der Waals surface area contributed by atoms with E-state index in [0.29, 0.717) is 17.7 Å². The summed E-state index contributed by atoms with van der Waals surface area (Å²) in [4.78, 5) is 14.1. The maximum atomic E-state index is 12.4. The van der Waals surface area contributed by atoms with Crippen molar-refractivity contribution in [3.8, 4) is 0 Å². The van der Waals surface area contributed by atoms with Gasteiger partial charge < -0.3 is 4.90 Å². The van der Waals surface area contributed by atoms with Crippen molar-refractivity contribution < 1.29 is 4.79 Å². The minimum atomic E-state index is -0.420. The fraction of sp³-hybridized carbons (Fsp3) is 0.333. The van der Waals surface area contributed by atoms with Gasteiger partial charge in [-0.15, -0.1) is 13.2 Å². The number of aromatic nitrogens is 2. The largest absolute Gasteiger partial charge is 0.333 e. The van der Waals surface area contributed by atoms with Crippen molar-refractivity contribution in [1.29, 1.82) is 0 Å². The second-order valence-corrected chi connectivity index (χ2v) is 6.13. The Morgan fingerprint density at radius 2 is 1.89 bits per heavy atom. The molecule has 0 saturated carbocycles. The van der Waals surface area contributed by atoms with E-state index in [1.165, 1.54) is 0 Å². The van der Waals surface area contributed by atoms with Gasteiger partial charge in [0.05, 0.1) is 4.47 Å². The van der Waals surface area contributed by atoms with Crippen LogP contribution in [0.2, 0.25) is 0 Å². The molecule has 4 nitrogen and oxygen atoms in total. The molecule has 7 heteroatoms. The van der Waals surface area contributed by atoms with Gasteiger partial charge in [0.2, 0.25) is 5.91 Å². The van der Waals surface area contributed by atoms with E-state index in [4.69, 9.17) is 0 Å². The average molecular weight is 456 g/mol. The van der Waals surface area contributed by atoms with Crippen LogP contribution in [0.1, 0.15) is 13.0 Å². The first-order valence-electron chi connectivity index (χ1n) is 5.53. The van der Waals surface area contributed by atoms with E-state index in [2.05, 4.69) is 66.0 Å². The SMILES string of the molecule is C=CCN(CC=C)C(=O)C(C)n1nc(Br)c(Br)c1Br. The predicted octanol–water partition coefficient (Wildman–Crippen LogP) is 3.93. The number of carbonyl (C=O) groups is 1. The summed E-state index contributed by atoms with van der Waals surface area (Å²) in [5.74, 6) is -0.0389. The van der Waals surface area contributed by atoms with Crippen molar-refractivity contribution in [2.24, 2.45) is 0 Å². The Labute approximate surface area is 137 Å². The van der Waals surface area contributed by atoms with Gasteiger partial charge in [0.25, 0.3) is 0 Å². The molecule has 0 aliphatic heterocycles. The Kier molecular flexibility index (Phi) is 6.49. The van der Waals surface area contributed by atoms with Crippen LogP contribution < -0.4 is 0 Å². The van der Waals surface area contributed by atoms with Gasteiger partial charge in [-0.2, -0.15) is 5.10 Å². The quantitative estimate of drug-likeness (QED) is 0.609. The molecule has 0 spiro atoms. The lowest BCUT2D eigenvalue weighted by Crippen LogP contribution is -2.37. The first kappa shape index (κ1) is 16.7. The van der Waals surface area contributed by atoms with Gasteiger partial charge in [0.1, 0.15) is 15.2 Å². The molecule has 1 rings (SSSR count). The van der Waals surface area contributed by atoms with Crippen LogP contribution in [0.15, 0.2) is 39.0 Å². The lowest BCUT2D eigenvalue weighted by Gasteiger charge is -2.23. The van der Waals surface area contributed by atoms with Gasteiger partial charge in [-0.1, -0.05) is 12.2 Å². The van der Waals surface area contributed by atoms with Gasteiger partial charge >= 0.3 is 0 Å². The molecule has 0 fully saturated rings. The summed E-state index contributed by atoms with van der Waals surface area (Å²) in [6, 6.07) is -0.420. The number of rotatable bonds is 6. The molecule has 0 saturated heterocycles. The van der Waals surface area contributed by atoms with Crippen LogP contribution >= 0.6 is 47.8 Å². The van der Waals surface area contributed by atoms with Crippen LogP contribution in [0.4, 0.5) is 0 Å². The summed E-state index contributed by atoms with van der Waals surface area (Å²) < 4.78 is 3.77. The van der Waals surface area contributed by atoms with Crippen molar-refractivity contribution in [2.45, 2.75) is 13.0 Å². The fourth-order valence-electron chi connectivity index (χ4n) is 1.56. The number of amides is 1. The van der Waals surface area contributed by atoms with Gasteiger partial charge in [-0.3, -0.25) is 4.79 Å². The van der Waals surface area contributed by atoms with Gasteiger partial charge in [0.15, 0.2) is 0 Å². The first-order chi connectivity index (χ1) is 8.93. The highest BCUT2D eigenvalue weighted by molar-refractivity contribution is 9.14. The molecule has 1 heterocycles. The summed E-state index contributed by atoms with van der Waals surface area (Å²) in [7, 11) is 0. The number of hydrogen-bond donors (Lipinski definition) is 0. The number of hydrogen-bond acceptors (Lipinski definition) is 2. The summed E-state index contributed by atoms with van der Waals surface area (Å²) in [5.41, 5.74) is 0. The zero-order valence-electron chi connectivity index (χ0n) is 10.4. The molecule has 1 amide bonds. The van der Waals surface area contributed by atoms with Gasteiger partial charge in [-0.25, -0.2) is 4.68 Å². The molecular weight excluding hydrogens is 442 g/mol. The Hall–Kier alpha value is -0.400. The summed E-state index contributed by atoms with van der Waals surface area (Å²) >= 11 is 10.1. The third kappa shape index (κ3) is 3.79. The number of halogens is 3. The summed E-state index contributed by atoms with van der Waals surface area (Å²) in [5, 5.41) is 4.27. The molecule has 1 aromatic rings. The molecule has 19 heavy (non-hydrogen) atoms. The third-order valence-electron chi connectivity index (χ3n) is 2.49. The Bertz CT molecular complexity index is 489. The first-order valence-corrected chi connectivity index (χ1v) is 7.91. The number of carbonyl (C=O) groups excluding carboxylic acids is 1. The number of nitrogens with zero attached hydrogens (tertiary/aromatic N) is 3. The van der Waals surface area contributed by atoms with Crippen LogP contribution in [0.5, 0.6) is 0 Å². The van der Waals surface area contributed by atoms with E-state index in [1.54, 1.807) is 28.7 Å². The third-order valence-corrected chi connectivity index (χ3v) is 5.62. The molecule has 104 valence electrons. The van der Waals surface area contributed by atoms with Gasteiger partial charge in [-0.05, 0) is 54.7 Å². The van der Waals surface area contributed by atoms with Crippen LogP contribution in [0.3, 0.4) is 0 Å². The Balaban J connectivity index is 2.99. The molecule has 0 aliphatic rings. The van der Waals surface area contributed by atoms with E-state index >= 15 is 0 Å². The minimum Gasteiger partial charge on any atom is -0.333 e. The standard InChI is InChI=1S/C12H14Br3N3O/c1-4-6-17(7-5-2)12(19)8(3)18-11(15)9(13)10(14)16-18/h4-5,8H,1-2,6-7H2,3H3. The smallest absolute Gasteiger partial charge is 0.247 e. The highest BCUT2D eigenvalue weighted by Crippen LogP contribution is 2.32. The Morgan fingerprint density at radius 3 is 2.26 bits per heavy atom. The van der Waals surface area contributed by atoms with E-state index in [1.807, 2.05) is 0 Å². The summed E-state index contributed by atoms with van der Waals surface area (Å²) in [6.07, 6.45) is 3.39. The fourth-order valence-corrected chi connectivity index (χ4v) is 3.02. The second kappa shape index (κ2) is 7.40. The topological polar surface area (TPSA) is 38.1 Å². The zero-order chi connectivity index (χ0) is 14.6. The van der Waals surface area contributed by atoms with Crippen molar-refractivity contribution in [2.75, 3.05) is 13.1 Å². The van der Waals surface area contributed by atoms with Crippen molar-refractivity contribution >= 4 is 53.7 Å². The monoisotopic (exact) mass is 453 g/mol. The maximum Gasteiger partial charge on any atom is 0.247 e. The van der Waals surface area contributed by atoms with E-state index in [0.717, 1.165) is 9.08 Å². The lowest BCUT2D eigenvalue weighted by molar-refractivity contribution is -0.133. The van der Waals surface area contributed by atoms with Gasteiger partial charge in [0, 0.05) is 13.1 Å². The van der Waals surface area contributed by atoms with Crippen molar-refractivity contribution in [3.05, 3.63) is 39.0 Å². The second-order valence-electron chi connectivity index (χ2n) is 3.84. The zero-order valence-corrected chi connectivity index (χ0v) is 15.2. The Morgan fingerprint density at radius 1 is 1.37 bits per heavy atom. The highest BCUT2D eigenvalue weighted by Gasteiger charge is 2.24. The van der Waals surface area contributed by atoms with E-state index in [-0.39, 0.29) is 5.91 Å². The highest BCUT2D eigenvalue weighted by atomic mass is 79.9. The molecule has 0 N–H and O–H groups in total. The maximum absolute atomic E-state index is 12.4. The molecular formula is C12H14Br3N3O. The lowest BCUT2D eigenvalue weighted by atomic mass is 10.3. The van der Waals surface area contributed by atoms with E-state index < -0.39 is 6.04 Å². The normalized spacial score (nSPS) is 12.0. The predicted molar refractivity (Wildman–Crippen MR) is 87.0 cm³/mol.